The van der Waals surface area contributed by atoms with Crippen molar-refractivity contribution in [3.8, 4) is 0 Å². The number of carbonyl (C=O) groups excluding carboxylic acids is 1. The summed E-state index contributed by atoms with van der Waals surface area (Å²) in [5.74, 6) is 0.857. The topological polar surface area (TPSA) is 26.3 Å². The summed E-state index contributed by atoms with van der Waals surface area (Å²) in [5.41, 5.74) is 3.72. The third-order valence-corrected chi connectivity index (χ3v) is 7.28. The van der Waals surface area contributed by atoms with Gasteiger partial charge in [-0.25, -0.2) is 0 Å². The number of hydrogen-bond donors (Lipinski definition) is 0. The van der Waals surface area contributed by atoms with Crippen LogP contribution in [-0.2, 0) is 14.9 Å². The molecule has 0 saturated heterocycles. The van der Waals surface area contributed by atoms with E-state index < -0.39 is 0 Å². The third-order valence-electron chi connectivity index (χ3n) is 7.28. The van der Waals surface area contributed by atoms with Gasteiger partial charge in [0.2, 0.25) is 0 Å². The molecule has 3 unspecified atom stereocenters. The van der Waals surface area contributed by atoms with E-state index in [1.165, 1.54) is 29.5 Å². The zero-order chi connectivity index (χ0) is 19.7. The summed E-state index contributed by atoms with van der Waals surface area (Å²) in [7, 11) is 0. The summed E-state index contributed by atoms with van der Waals surface area (Å²) in [6.45, 7) is 6.54. The number of hydrogen-bond acceptors (Lipinski definition) is 2. The van der Waals surface area contributed by atoms with Crippen LogP contribution in [0.2, 0.25) is 0 Å². The molecule has 2 nitrogen and oxygen atoms in total. The van der Waals surface area contributed by atoms with Gasteiger partial charge in [-0.3, -0.25) is 4.79 Å². The highest BCUT2D eigenvalue weighted by molar-refractivity contribution is 5.88. The molecular weight excluding hydrogens is 344 g/mol. The highest BCUT2D eigenvalue weighted by Crippen LogP contribution is 2.46. The highest BCUT2D eigenvalue weighted by atomic mass is 16.5. The fraction of sp³-hybridized carbons (Fsp3) is 0.500. The Morgan fingerprint density at radius 1 is 0.964 bits per heavy atom. The average Bonchev–Trinajstić information content (AvgIpc) is 2.93. The predicted octanol–water partition coefficient (Wildman–Crippen LogP) is 5.97. The van der Waals surface area contributed by atoms with E-state index in [1.54, 1.807) is 0 Å². The Morgan fingerprint density at radius 2 is 1.64 bits per heavy atom. The lowest BCUT2D eigenvalue weighted by molar-refractivity contribution is -0.135. The Labute approximate surface area is 169 Å². The van der Waals surface area contributed by atoms with E-state index in [0.29, 0.717) is 12.3 Å². The lowest BCUT2D eigenvalue weighted by Gasteiger charge is -2.36. The van der Waals surface area contributed by atoms with Crippen molar-refractivity contribution in [1.29, 1.82) is 0 Å². The Kier molecular flexibility index (Phi) is 5.42. The van der Waals surface area contributed by atoms with Crippen molar-refractivity contribution < 1.29 is 9.53 Å². The van der Waals surface area contributed by atoms with Crippen molar-refractivity contribution in [3.63, 3.8) is 0 Å². The maximum Gasteiger partial charge on any atom is 0.162 e. The van der Waals surface area contributed by atoms with E-state index in [0.717, 1.165) is 12.8 Å². The number of ether oxygens (including phenoxy) is 1. The molecule has 4 rings (SSSR count). The first-order valence-electron chi connectivity index (χ1n) is 10.8. The molecule has 2 aliphatic carbocycles. The van der Waals surface area contributed by atoms with E-state index in [9.17, 15) is 4.79 Å². The van der Waals surface area contributed by atoms with Gasteiger partial charge in [-0.1, -0.05) is 86.8 Å². The maximum atomic E-state index is 13.0. The third kappa shape index (κ3) is 3.55. The van der Waals surface area contributed by atoms with Gasteiger partial charge in [0.05, 0.1) is 6.10 Å². The number of ketones is 1. The normalized spacial score (nSPS) is 33.2. The zero-order valence-corrected chi connectivity index (χ0v) is 17.4. The largest absolute Gasteiger partial charge is 0.366 e. The smallest absolute Gasteiger partial charge is 0.162 e. The monoisotopic (exact) mass is 376 g/mol. The van der Waals surface area contributed by atoms with Gasteiger partial charge in [0.25, 0.3) is 0 Å². The van der Waals surface area contributed by atoms with Crippen LogP contribution in [0.5, 0.6) is 0 Å². The second kappa shape index (κ2) is 7.83. The molecule has 5 atom stereocenters. The average molecular weight is 377 g/mol. The van der Waals surface area contributed by atoms with Crippen molar-refractivity contribution in [1.82, 2.24) is 0 Å². The Morgan fingerprint density at radius 3 is 2.36 bits per heavy atom. The number of rotatable bonds is 4. The second-order valence-electron chi connectivity index (χ2n) is 9.11. The lowest BCUT2D eigenvalue weighted by atomic mass is 9.74. The molecule has 2 fully saturated rings. The van der Waals surface area contributed by atoms with Crippen LogP contribution >= 0.6 is 0 Å². The standard InChI is InChI=1S/C26H32O2/c1-18-13-15-21(16-14-18)26(3)17-23(27)25(19(26)2)28-24-12-8-7-11-22(24)20-9-5-4-6-10-20/h4-6,9-10,13-16,19,22,24-25H,7-8,11-12,17H2,1-3H3/t19?,22?,24?,25-,26-/m1/s1. The Hall–Kier alpha value is -1.93. The first kappa shape index (κ1) is 19.4. The Bertz CT molecular complexity index is 810. The molecule has 0 amide bonds. The van der Waals surface area contributed by atoms with E-state index in [1.807, 2.05) is 0 Å². The maximum absolute atomic E-state index is 13.0. The molecule has 2 heteroatoms. The van der Waals surface area contributed by atoms with Gasteiger partial charge in [-0.05, 0) is 36.8 Å². The van der Waals surface area contributed by atoms with Crippen LogP contribution in [0.1, 0.15) is 68.6 Å². The summed E-state index contributed by atoms with van der Waals surface area (Å²) in [4.78, 5) is 13.0. The molecule has 0 radical (unpaired) electrons. The summed E-state index contributed by atoms with van der Waals surface area (Å²) >= 11 is 0. The first-order chi connectivity index (χ1) is 13.5. The van der Waals surface area contributed by atoms with Gasteiger partial charge in [0, 0.05) is 17.8 Å². The second-order valence-corrected chi connectivity index (χ2v) is 9.11. The molecule has 2 aromatic rings. The molecule has 0 heterocycles. The van der Waals surface area contributed by atoms with Crippen LogP contribution in [0.25, 0.3) is 0 Å². The van der Waals surface area contributed by atoms with Gasteiger partial charge in [0.15, 0.2) is 5.78 Å². The number of benzene rings is 2. The van der Waals surface area contributed by atoms with E-state index in [4.69, 9.17) is 4.74 Å². The van der Waals surface area contributed by atoms with Crippen LogP contribution < -0.4 is 0 Å². The quantitative estimate of drug-likeness (QED) is 0.657. The van der Waals surface area contributed by atoms with Crippen LogP contribution in [0.3, 0.4) is 0 Å². The first-order valence-corrected chi connectivity index (χ1v) is 10.8. The highest BCUT2D eigenvalue weighted by Gasteiger charge is 2.50. The molecule has 0 bridgehead atoms. The van der Waals surface area contributed by atoms with Gasteiger partial charge in [0.1, 0.15) is 6.10 Å². The minimum atomic E-state index is -0.291. The van der Waals surface area contributed by atoms with E-state index in [2.05, 4.69) is 75.4 Å². The number of Topliss-reactive ketones (excluding diaryl/α,β-unsaturated/α-hetero) is 1. The van der Waals surface area contributed by atoms with Crippen LogP contribution in [0.4, 0.5) is 0 Å². The fourth-order valence-corrected chi connectivity index (χ4v) is 5.26. The molecule has 2 aromatic carbocycles. The van der Waals surface area contributed by atoms with E-state index >= 15 is 0 Å². The fourth-order valence-electron chi connectivity index (χ4n) is 5.26. The van der Waals surface area contributed by atoms with Gasteiger partial charge >= 0.3 is 0 Å². The lowest BCUT2D eigenvalue weighted by Crippen LogP contribution is -2.37. The molecule has 2 aliphatic rings. The molecule has 0 aromatic heterocycles. The van der Waals surface area contributed by atoms with Gasteiger partial charge in [-0.15, -0.1) is 0 Å². The van der Waals surface area contributed by atoms with Gasteiger partial charge < -0.3 is 4.74 Å². The molecule has 2 saturated carbocycles. The summed E-state index contributed by atoms with van der Waals surface area (Å²) in [6, 6.07) is 19.4. The molecule has 0 spiro atoms. The number of carbonyl (C=O) groups is 1. The van der Waals surface area contributed by atoms with Crippen LogP contribution in [0, 0.1) is 12.8 Å². The minimum absolute atomic E-state index is 0.146. The summed E-state index contributed by atoms with van der Waals surface area (Å²) in [6.07, 6.45) is 5.07. The number of aryl methyl sites for hydroxylation is 1. The van der Waals surface area contributed by atoms with Crippen molar-refractivity contribution >= 4 is 5.78 Å². The zero-order valence-electron chi connectivity index (χ0n) is 17.4. The molecule has 148 valence electrons. The summed E-state index contributed by atoms with van der Waals surface area (Å²) < 4.78 is 6.63. The SMILES string of the molecule is Cc1ccc([C@]2(C)CC(=O)[C@H](OC3CCCCC3c3ccccc3)C2C)cc1. The van der Waals surface area contributed by atoms with Crippen molar-refractivity contribution in [3.05, 3.63) is 71.3 Å². The summed E-state index contributed by atoms with van der Waals surface area (Å²) in [5, 5.41) is 0. The Balaban J connectivity index is 1.55. The van der Waals surface area contributed by atoms with Crippen LogP contribution in [-0.4, -0.2) is 18.0 Å². The van der Waals surface area contributed by atoms with Crippen molar-refractivity contribution in [2.24, 2.45) is 5.92 Å². The van der Waals surface area contributed by atoms with Crippen molar-refractivity contribution in [2.45, 2.75) is 76.4 Å². The molecule has 0 aliphatic heterocycles. The molecule has 28 heavy (non-hydrogen) atoms. The van der Waals surface area contributed by atoms with Crippen molar-refractivity contribution in [2.75, 3.05) is 0 Å². The predicted molar refractivity (Wildman–Crippen MR) is 114 cm³/mol. The van der Waals surface area contributed by atoms with Gasteiger partial charge in [-0.2, -0.15) is 0 Å². The minimum Gasteiger partial charge on any atom is -0.366 e. The van der Waals surface area contributed by atoms with Crippen LogP contribution in [0.15, 0.2) is 54.6 Å². The molecular formula is C26H32O2. The molecule has 0 N–H and O–H groups in total. The van der Waals surface area contributed by atoms with E-state index in [-0.39, 0.29) is 29.3 Å².